The summed E-state index contributed by atoms with van der Waals surface area (Å²) in [4.78, 5) is 40.9. The highest BCUT2D eigenvalue weighted by Gasteiger charge is 2.53. The van der Waals surface area contributed by atoms with Crippen molar-refractivity contribution < 1.29 is 45.4 Å². The third kappa shape index (κ3) is 26.6. The van der Waals surface area contributed by atoms with E-state index in [2.05, 4.69) is 25.6 Å². The molecule has 0 aliphatic heterocycles. The van der Waals surface area contributed by atoms with Crippen LogP contribution in [0.15, 0.2) is 58.3 Å². The van der Waals surface area contributed by atoms with Crippen molar-refractivity contribution in [3.8, 4) is 6.57 Å². The topological polar surface area (TPSA) is 156 Å². The van der Waals surface area contributed by atoms with Gasteiger partial charge < -0.3 is 14.2 Å². The minimum Gasteiger partial charge on any atom is -0.460 e. The Morgan fingerprint density at radius 2 is 0.905 bits per heavy atom. The Balaban J connectivity index is 0.00000119. The summed E-state index contributed by atoms with van der Waals surface area (Å²) in [5.41, 5.74) is 0.555. The van der Waals surface area contributed by atoms with Gasteiger partial charge in [-0.3, -0.25) is 19.2 Å². The van der Waals surface area contributed by atoms with Gasteiger partial charge in [-0.25, -0.2) is 23.4 Å². The van der Waals surface area contributed by atoms with Gasteiger partial charge in [-0.15, -0.1) is 0 Å². The van der Waals surface area contributed by atoms with Gasteiger partial charge in [-0.1, -0.05) is 75.4 Å². The maximum absolute atomic E-state index is 13.7. The van der Waals surface area contributed by atoms with Crippen molar-refractivity contribution >= 4 is 53.5 Å². The summed E-state index contributed by atoms with van der Waals surface area (Å²) >= 11 is 3.35. The Morgan fingerprint density at radius 1 is 0.571 bits per heavy atom. The summed E-state index contributed by atoms with van der Waals surface area (Å²) in [5.74, 6) is -1.09. The first-order valence-corrected chi connectivity index (χ1v) is 25.9. The van der Waals surface area contributed by atoms with Crippen molar-refractivity contribution in [1.29, 1.82) is 0 Å². The third-order valence-corrected chi connectivity index (χ3v) is 13.3. The lowest BCUT2D eigenvalue weighted by Gasteiger charge is -2.20. The van der Waals surface area contributed by atoms with E-state index in [1.54, 1.807) is 36.4 Å². The van der Waals surface area contributed by atoms with Crippen molar-refractivity contribution in [2.45, 2.75) is 198 Å². The maximum atomic E-state index is 13.7. The predicted molar refractivity (Wildman–Crippen MR) is 255 cm³/mol. The van der Waals surface area contributed by atoms with Gasteiger partial charge in [0, 0.05) is 37.4 Å². The van der Waals surface area contributed by atoms with E-state index in [1.807, 2.05) is 76.2 Å². The van der Waals surface area contributed by atoms with Crippen molar-refractivity contribution in [2.75, 3.05) is 11.2 Å². The van der Waals surface area contributed by atoms with Gasteiger partial charge in [0.15, 0.2) is 0 Å². The molecule has 0 amide bonds. The van der Waals surface area contributed by atoms with Gasteiger partial charge >= 0.3 is 28.7 Å². The molecule has 0 aliphatic carbocycles. The summed E-state index contributed by atoms with van der Waals surface area (Å²) in [6.07, 6.45) is 8.33. The predicted octanol–water partition coefficient (Wildman–Crippen LogP) is 11.9. The van der Waals surface area contributed by atoms with Crippen molar-refractivity contribution in [3.63, 3.8) is 0 Å². The largest absolute Gasteiger partial charge is 0.460 e. The molecule has 0 spiro atoms. The number of alkyl halides is 1. The number of rotatable bonds is 21. The Morgan fingerprint density at radius 3 is 1.21 bits per heavy atom. The molecule has 15 heteroatoms. The fourth-order valence-corrected chi connectivity index (χ4v) is 9.01. The van der Waals surface area contributed by atoms with Crippen LogP contribution < -0.4 is 0 Å². The molecule has 0 N–H and O–H groups in total. The molecular formula is C48H74BrN2O10S2+. The quantitative estimate of drug-likeness (QED) is 0.0388. The van der Waals surface area contributed by atoms with Gasteiger partial charge in [0.1, 0.15) is 16.8 Å². The van der Waals surface area contributed by atoms with Crippen LogP contribution in [0, 0.1) is 27.0 Å². The second-order valence-corrected chi connectivity index (χ2v) is 23.5. The lowest BCUT2D eigenvalue weighted by atomic mass is 10.0. The smallest absolute Gasteiger partial charge is 0.381 e. The van der Waals surface area contributed by atoms with E-state index < -0.39 is 41.6 Å². The number of esters is 3. The van der Waals surface area contributed by atoms with E-state index in [4.69, 9.17) is 27.4 Å². The molecule has 0 fully saturated rings. The van der Waals surface area contributed by atoms with Crippen molar-refractivity contribution in [1.82, 2.24) is 0 Å². The first-order chi connectivity index (χ1) is 29.0. The lowest BCUT2D eigenvalue weighted by molar-refractivity contribution is -0.156. The molecule has 2 aromatic carbocycles. The number of unbranched alkanes of at least 4 members (excludes halogenated alkanes) is 6. The second-order valence-electron chi connectivity index (χ2n) is 18.5. The van der Waals surface area contributed by atoms with E-state index in [-0.39, 0.29) is 59.0 Å². The highest BCUT2D eigenvalue weighted by atomic mass is 79.9. The van der Waals surface area contributed by atoms with Gasteiger partial charge in [0.05, 0.1) is 9.79 Å². The number of aryl methyl sites for hydroxylation is 2. The van der Waals surface area contributed by atoms with Crippen LogP contribution in [0.2, 0.25) is 0 Å². The van der Waals surface area contributed by atoms with Crippen molar-refractivity contribution in [2.24, 2.45) is 0 Å². The molecule has 12 nitrogen and oxygen atoms in total. The molecule has 2 aromatic rings. The summed E-state index contributed by atoms with van der Waals surface area (Å²) in [6, 6.07) is 13.2. The molecule has 0 aliphatic rings. The van der Waals surface area contributed by atoms with Gasteiger partial charge in [0.25, 0.3) is 26.2 Å². The maximum Gasteiger partial charge on any atom is 0.381 e. The molecule has 0 saturated heterocycles. The molecule has 0 radical (unpaired) electrons. The van der Waals surface area contributed by atoms with E-state index >= 15 is 0 Å². The Kier molecular flexibility index (Phi) is 26.5. The number of sulfone groups is 2. The van der Waals surface area contributed by atoms with Crippen LogP contribution in [-0.2, 0) is 48.3 Å². The zero-order valence-electron chi connectivity index (χ0n) is 39.7. The second kappa shape index (κ2) is 28.2. The van der Waals surface area contributed by atoms with Crippen LogP contribution in [-0.4, -0.2) is 67.6 Å². The molecule has 0 unspecified atom stereocenters. The number of hydrogen-bond acceptors (Lipinski definition) is 10. The number of halogens is 1. The molecule has 0 atom stereocenters. The standard InChI is InChI=1S/C29H46NO6S.C10H19BrO2.C9H9NO2S/c1-23-17-19-24(20-18-23)37(33,34)29(30-8,21-13-9-11-15-25(31)35-27(2,3)4)22-14-10-12-16-26(32)36-28(5,6)7;1-10(2,3)13-9(12)7-5-4-6-8-11;1-8-3-5-9(6-4-8)13(11,12)7-10-2/h8,17-20H,9-16,21-22H2,1-7H3;4-8H2,1-3H3;3-6H,7H2,1H3/q+1;;. The fourth-order valence-electron chi connectivity index (χ4n) is 5.85. The Labute approximate surface area is 388 Å². The highest BCUT2D eigenvalue weighted by molar-refractivity contribution is 9.09. The molecule has 0 saturated carbocycles. The number of benzene rings is 2. The van der Waals surface area contributed by atoms with Crippen LogP contribution in [0.5, 0.6) is 0 Å². The number of nitrogens with zero attached hydrogens (tertiary/aromatic N) is 2. The Bertz CT molecular complexity index is 1960. The minimum absolute atomic E-state index is 0.0814. The van der Waals surface area contributed by atoms with E-state index in [0.717, 1.165) is 35.7 Å². The molecule has 0 bridgehead atoms. The van der Waals surface area contributed by atoms with E-state index in [9.17, 15) is 31.2 Å². The first kappa shape index (κ1) is 59.2. The summed E-state index contributed by atoms with van der Waals surface area (Å²) in [6.45, 7) is 32.7. The van der Waals surface area contributed by atoms with Crippen LogP contribution in [0.25, 0.3) is 9.69 Å². The summed E-state index contributed by atoms with van der Waals surface area (Å²) in [7, 11) is -7.24. The van der Waals surface area contributed by atoms with Crippen LogP contribution in [0.1, 0.15) is 163 Å². The van der Waals surface area contributed by atoms with E-state index in [0.29, 0.717) is 44.9 Å². The zero-order chi connectivity index (χ0) is 48.5. The number of hydrogen-bond donors (Lipinski definition) is 0. The van der Waals surface area contributed by atoms with Gasteiger partial charge in [-0.05, 0) is 139 Å². The lowest BCUT2D eigenvalue weighted by Crippen LogP contribution is -2.35. The third-order valence-electron chi connectivity index (χ3n) is 8.85. The van der Waals surface area contributed by atoms with Crippen LogP contribution in [0.3, 0.4) is 0 Å². The molecule has 354 valence electrons. The number of ether oxygens (including phenoxy) is 3. The zero-order valence-corrected chi connectivity index (χ0v) is 42.9. The van der Waals surface area contributed by atoms with Gasteiger partial charge in [0.2, 0.25) is 0 Å². The summed E-state index contributed by atoms with van der Waals surface area (Å²) < 4.78 is 66.0. The average molecular weight is 983 g/mol. The van der Waals surface area contributed by atoms with Crippen LogP contribution in [0.4, 0.5) is 0 Å². The molecule has 0 heterocycles. The van der Waals surface area contributed by atoms with E-state index in [1.165, 1.54) is 12.1 Å². The average Bonchev–Trinajstić information content (AvgIpc) is 3.14. The highest BCUT2D eigenvalue weighted by Crippen LogP contribution is 2.37. The molecular weight excluding hydrogens is 909 g/mol. The SMILES string of the molecule is C#[N+]C(CCCCCC(=O)OC(C)(C)C)(CCCCCC(=O)OC(C)(C)C)S(=O)(=O)c1ccc(C)cc1.CC(C)(C)OC(=O)CCCCCBr.[C-]#[N+]CS(=O)(=O)c1ccc(C)cc1. The van der Waals surface area contributed by atoms with Gasteiger partial charge in [-0.2, -0.15) is 0 Å². The van der Waals surface area contributed by atoms with Crippen LogP contribution >= 0.6 is 15.9 Å². The number of carbonyl (C=O) groups excluding carboxylic acids is 3. The Hall–Kier alpha value is -3.79. The fraction of sp³-hybridized carbons (Fsp3) is 0.646. The normalized spacial score (nSPS) is 12.0. The summed E-state index contributed by atoms with van der Waals surface area (Å²) in [5, 5.41) is 1.02. The monoisotopic (exact) mass is 981 g/mol. The molecule has 2 rings (SSSR count). The molecule has 0 aromatic heterocycles. The molecule has 63 heavy (non-hydrogen) atoms. The first-order valence-electron chi connectivity index (χ1n) is 21.6. The number of carbonyl (C=O) groups is 3. The minimum atomic E-state index is -3.86. The van der Waals surface area contributed by atoms with Crippen molar-refractivity contribution in [3.05, 3.63) is 75.9 Å².